The zero-order valence-electron chi connectivity index (χ0n) is 13.1. The highest BCUT2D eigenvalue weighted by Gasteiger charge is 2.42. The molecule has 6 heteroatoms. The first-order chi connectivity index (χ1) is 10.3. The molecular weight excluding hydrogens is 286 g/mol. The minimum atomic E-state index is -1.11. The fraction of sp³-hybridized carbons (Fsp3) is 0.438. The SMILES string of the molecule is CCOc1cc(C=O)cc2c1OC(C)(C)C(=O)N2CC(C)=O. The molecule has 22 heavy (non-hydrogen) atoms. The van der Waals surface area contributed by atoms with Crippen LogP contribution in [0.1, 0.15) is 38.1 Å². The summed E-state index contributed by atoms with van der Waals surface area (Å²) in [6.07, 6.45) is 0.666. The summed E-state index contributed by atoms with van der Waals surface area (Å²) in [5.41, 5.74) is -0.379. The summed E-state index contributed by atoms with van der Waals surface area (Å²) in [4.78, 5) is 36.5. The topological polar surface area (TPSA) is 72.9 Å². The van der Waals surface area contributed by atoms with Crippen molar-refractivity contribution >= 4 is 23.7 Å². The summed E-state index contributed by atoms with van der Waals surface area (Å²) in [6, 6.07) is 3.09. The highest BCUT2D eigenvalue weighted by atomic mass is 16.5. The second-order valence-corrected chi connectivity index (χ2v) is 5.62. The maximum absolute atomic E-state index is 12.5. The van der Waals surface area contributed by atoms with Crippen LogP contribution in [0.5, 0.6) is 11.5 Å². The molecule has 6 nitrogen and oxygen atoms in total. The Labute approximate surface area is 129 Å². The lowest BCUT2D eigenvalue weighted by molar-refractivity contribution is -0.133. The van der Waals surface area contributed by atoms with Crippen LogP contribution >= 0.6 is 0 Å². The number of carbonyl (C=O) groups is 3. The molecule has 1 aromatic carbocycles. The zero-order chi connectivity index (χ0) is 16.5. The zero-order valence-corrected chi connectivity index (χ0v) is 13.1. The van der Waals surface area contributed by atoms with Crippen molar-refractivity contribution in [2.45, 2.75) is 33.3 Å². The van der Waals surface area contributed by atoms with E-state index in [1.807, 2.05) is 6.92 Å². The molecule has 0 spiro atoms. The molecule has 1 heterocycles. The monoisotopic (exact) mass is 305 g/mol. The van der Waals surface area contributed by atoms with Gasteiger partial charge >= 0.3 is 0 Å². The number of anilines is 1. The Hall–Kier alpha value is -2.37. The first-order valence-corrected chi connectivity index (χ1v) is 7.06. The van der Waals surface area contributed by atoms with Crippen LogP contribution in [-0.4, -0.2) is 36.7 Å². The van der Waals surface area contributed by atoms with Gasteiger partial charge in [-0.1, -0.05) is 0 Å². The largest absolute Gasteiger partial charge is 0.490 e. The maximum Gasteiger partial charge on any atom is 0.271 e. The van der Waals surface area contributed by atoms with E-state index in [2.05, 4.69) is 0 Å². The number of hydrogen-bond donors (Lipinski definition) is 0. The number of fused-ring (bicyclic) bond motifs is 1. The van der Waals surface area contributed by atoms with E-state index in [1.165, 1.54) is 17.9 Å². The van der Waals surface area contributed by atoms with Gasteiger partial charge in [0.15, 0.2) is 17.1 Å². The van der Waals surface area contributed by atoms with Crippen molar-refractivity contribution in [3.8, 4) is 11.5 Å². The molecule has 2 rings (SSSR count). The van der Waals surface area contributed by atoms with E-state index in [4.69, 9.17) is 9.47 Å². The molecule has 0 fully saturated rings. The Morgan fingerprint density at radius 1 is 1.41 bits per heavy atom. The second-order valence-electron chi connectivity index (χ2n) is 5.62. The Morgan fingerprint density at radius 3 is 2.64 bits per heavy atom. The fourth-order valence-corrected chi connectivity index (χ4v) is 2.35. The normalized spacial score (nSPS) is 15.8. The van der Waals surface area contributed by atoms with E-state index in [0.717, 1.165) is 0 Å². The van der Waals surface area contributed by atoms with Gasteiger partial charge in [-0.25, -0.2) is 0 Å². The molecule has 1 aromatic rings. The van der Waals surface area contributed by atoms with Crippen LogP contribution in [0.25, 0.3) is 0 Å². The predicted octanol–water partition coefficient (Wildman–Crippen LogP) is 1.99. The second kappa shape index (κ2) is 5.79. The van der Waals surface area contributed by atoms with E-state index >= 15 is 0 Å². The third-order valence-corrected chi connectivity index (χ3v) is 3.28. The smallest absolute Gasteiger partial charge is 0.271 e. The van der Waals surface area contributed by atoms with Gasteiger partial charge in [0.05, 0.1) is 18.8 Å². The molecule has 1 aliphatic heterocycles. The van der Waals surface area contributed by atoms with Crippen LogP contribution in [0, 0.1) is 0 Å². The van der Waals surface area contributed by atoms with E-state index < -0.39 is 5.60 Å². The van der Waals surface area contributed by atoms with Gasteiger partial charge in [-0.2, -0.15) is 0 Å². The molecule has 0 bridgehead atoms. The summed E-state index contributed by atoms with van der Waals surface area (Å²) in [5.74, 6) is 0.265. The van der Waals surface area contributed by atoms with Gasteiger partial charge in [-0.3, -0.25) is 19.3 Å². The lowest BCUT2D eigenvalue weighted by Gasteiger charge is -2.39. The number of rotatable bonds is 5. The lowest BCUT2D eigenvalue weighted by Crippen LogP contribution is -2.53. The Balaban J connectivity index is 2.65. The number of amides is 1. The minimum absolute atomic E-state index is 0.0769. The van der Waals surface area contributed by atoms with E-state index in [9.17, 15) is 14.4 Å². The number of benzene rings is 1. The van der Waals surface area contributed by atoms with Crippen molar-refractivity contribution in [3.63, 3.8) is 0 Å². The molecular formula is C16H19NO5. The van der Waals surface area contributed by atoms with E-state index in [-0.39, 0.29) is 18.2 Å². The van der Waals surface area contributed by atoms with Gasteiger partial charge in [-0.05, 0) is 39.8 Å². The molecule has 0 saturated carbocycles. The van der Waals surface area contributed by atoms with Crippen molar-refractivity contribution in [2.75, 3.05) is 18.1 Å². The Bertz CT molecular complexity index is 636. The van der Waals surface area contributed by atoms with Gasteiger partial charge < -0.3 is 9.47 Å². The molecule has 0 radical (unpaired) electrons. The summed E-state index contributed by atoms with van der Waals surface area (Å²) in [5, 5.41) is 0. The molecule has 0 saturated heterocycles. The summed E-state index contributed by atoms with van der Waals surface area (Å²) >= 11 is 0. The molecule has 0 unspecified atom stereocenters. The number of carbonyl (C=O) groups excluding carboxylic acids is 3. The molecule has 0 N–H and O–H groups in total. The van der Waals surface area contributed by atoms with E-state index in [0.29, 0.717) is 35.6 Å². The number of hydrogen-bond acceptors (Lipinski definition) is 5. The van der Waals surface area contributed by atoms with Gasteiger partial charge in [0.25, 0.3) is 5.91 Å². The molecule has 1 amide bonds. The number of aldehydes is 1. The van der Waals surface area contributed by atoms with Crippen molar-refractivity contribution in [2.24, 2.45) is 0 Å². The molecule has 0 aromatic heterocycles. The third-order valence-electron chi connectivity index (χ3n) is 3.28. The van der Waals surface area contributed by atoms with Crippen molar-refractivity contribution in [3.05, 3.63) is 17.7 Å². The van der Waals surface area contributed by atoms with Crippen LogP contribution in [0.4, 0.5) is 5.69 Å². The molecule has 0 aliphatic carbocycles. The standard InChI is InChI=1S/C16H19NO5/c1-5-21-13-7-11(9-18)6-12-14(13)22-16(3,4)15(20)17(12)8-10(2)19/h6-7,9H,5,8H2,1-4H3. The first-order valence-electron chi connectivity index (χ1n) is 7.06. The number of nitrogens with zero attached hydrogens (tertiary/aromatic N) is 1. The minimum Gasteiger partial charge on any atom is -0.490 e. The van der Waals surface area contributed by atoms with E-state index in [1.54, 1.807) is 19.9 Å². The van der Waals surface area contributed by atoms with Crippen LogP contribution in [-0.2, 0) is 9.59 Å². The Kier molecular flexibility index (Phi) is 4.21. The quantitative estimate of drug-likeness (QED) is 0.778. The summed E-state index contributed by atoms with van der Waals surface area (Å²) in [6.45, 7) is 6.80. The summed E-state index contributed by atoms with van der Waals surface area (Å²) < 4.78 is 11.3. The molecule has 1 aliphatic rings. The fourth-order valence-electron chi connectivity index (χ4n) is 2.35. The molecule has 118 valence electrons. The van der Waals surface area contributed by atoms with Crippen molar-refractivity contribution in [1.82, 2.24) is 0 Å². The van der Waals surface area contributed by atoms with Crippen LogP contribution in [0.15, 0.2) is 12.1 Å². The Morgan fingerprint density at radius 2 is 2.09 bits per heavy atom. The van der Waals surface area contributed by atoms with Crippen LogP contribution in [0.2, 0.25) is 0 Å². The van der Waals surface area contributed by atoms with Crippen LogP contribution < -0.4 is 14.4 Å². The average molecular weight is 305 g/mol. The predicted molar refractivity (Wildman–Crippen MR) is 80.7 cm³/mol. The molecule has 0 atom stereocenters. The lowest BCUT2D eigenvalue weighted by atomic mass is 10.0. The first kappa shape index (κ1) is 16.0. The number of Topliss-reactive ketones (excluding diaryl/α,β-unsaturated/α-hetero) is 1. The van der Waals surface area contributed by atoms with Gasteiger partial charge in [0, 0.05) is 5.56 Å². The number of ketones is 1. The van der Waals surface area contributed by atoms with Gasteiger partial charge in [0.2, 0.25) is 0 Å². The maximum atomic E-state index is 12.5. The van der Waals surface area contributed by atoms with Gasteiger partial charge in [-0.15, -0.1) is 0 Å². The van der Waals surface area contributed by atoms with Gasteiger partial charge in [0.1, 0.15) is 12.1 Å². The average Bonchev–Trinajstić information content (AvgIpc) is 2.44. The van der Waals surface area contributed by atoms with Crippen LogP contribution in [0.3, 0.4) is 0 Å². The number of ether oxygens (including phenoxy) is 2. The van der Waals surface area contributed by atoms with Crippen molar-refractivity contribution in [1.29, 1.82) is 0 Å². The highest BCUT2D eigenvalue weighted by molar-refractivity contribution is 6.06. The van der Waals surface area contributed by atoms with Crippen molar-refractivity contribution < 1.29 is 23.9 Å². The summed E-state index contributed by atoms with van der Waals surface area (Å²) in [7, 11) is 0. The highest BCUT2D eigenvalue weighted by Crippen LogP contribution is 2.45. The third kappa shape index (κ3) is 2.81.